The number of halogens is 1. The third kappa shape index (κ3) is 6.81. The van der Waals surface area contributed by atoms with Crippen molar-refractivity contribution in [3.05, 3.63) is 101 Å². The molecule has 5 nitrogen and oxygen atoms in total. The summed E-state index contributed by atoms with van der Waals surface area (Å²) in [6.45, 7) is 0. The highest BCUT2D eigenvalue weighted by atomic mass is 35.5. The molecule has 4 rings (SSSR count). The van der Waals surface area contributed by atoms with E-state index in [2.05, 4.69) is 15.6 Å². The number of carbonyl (C=O) groups excluding carboxylic acids is 2. The molecule has 0 aliphatic carbocycles. The van der Waals surface area contributed by atoms with Crippen LogP contribution in [0.15, 0.2) is 95.2 Å². The maximum absolute atomic E-state index is 12.3. The molecule has 4 aromatic rings. The highest BCUT2D eigenvalue weighted by molar-refractivity contribution is 8.00. The largest absolute Gasteiger partial charge is 0.323 e. The van der Waals surface area contributed by atoms with Crippen molar-refractivity contribution in [1.29, 1.82) is 0 Å². The minimum atomic E-state index is -0.205. The molecule has 3 aromatic carbocycles. The standard InChI is InChI=1S/C26H20ClN3O2S2/c27-22-9-5-4-8-21(22)23-16-34-26(29-23)30-25(32)17-33-20-13-11-19(12-14-20)28-24(31)15-10-18-6-2-1-3-7-18/h1-16H,17H2,(H,28,31)(H,29,30,32)/b15-10+. The molecule has 1 aromatic heterocycles. The Labute approximate surface area is 210 Å². The van der Waals surface area contributed by atoms with Gasteiger partial charge in [0.1, 0.15) is 0 Å². The molecule has 0 fully saturated rings. The number of nitrogens with zero attached hydrogens (tertiary/aromatic N) is 1. The summed E-state index contributed by atoms with van der Waals surface area (Å²) >= 11 is 8.98. The van der Waals surface area contributed by atoms with Crippen LogP contribution in [0.5, 0.6) is 0 Å². The minimum absolute atomic E-state index is 0.145. The molecule has 0 radical (unpaired) electrons. The third-order valence-electron chi connectivity index (χ3n) is 4.62. The Morgan fingerprint density at radius 1 is 0.941 bits per heavy atom. The molecule has 34 heavy (non-hydrogen) atoms. The van der Waals surface area contributed by atoms with Gasteiger partial charge < -0.3 is 10.6 Å². The zero-order valence-corrected chi connectivity index (χ0v) is 20.3. The van der Waals surface area contributed by atoms with E-state index in [1.165, 1.54) is 29.2 Å². The molecule has 0 saturated carbocycles. The monoisotopic (exact) mass is 505 g/mol. The maximum atomic E-state index is 12.3. The molecule has 2 amide bonds. The van der Waals surface area contributed by atoms with Gasteiger partial charge in [-0.25, -0.2) is 4.98 Å². The number of hydrogen-bond acceptors (Lipinski definition) is 5. The zero-order chi connectivity index (χ0) is 23.8. The van der Waals surface area contributed by atoms with E-state index in [1.807, 2.05) is 84.2 Å². The summed E-state index contributed by atoms with van der Waals surface area (Å²) in [5.74, 6) is -0.108. The lowest BCUT2D eigenvalue weighted by Crippen LogP contribution is -2.13. The second-order valence-electron chi connectivity index (χ2n) is 7.11. The van der Waals surface area contributed by atoms with Crippen molar-refractivity contribution in [2.45, 2.75) is 4.90 Å². The van der Waals surface area contributed by atoms with Gasteiger partial charge in [0.15, 0.2) is 5.13 Å². The summed E-state index contributed by atoms with van der Waals surface area (Å²) in [5, 5.41) is 8.67. The normalized spacial score (nSPS) is 10.9. The fraction of sp³-hybridized carbons (Fsp3) is 0.0385. The van der Waals surface area contributed by atoms with E-state index in [0.717, 1.165) is 21.7 Å². The number of thioether (sulfide) groups is 1. The summed E-state index contributed by atoms with van der Waals surface area (Å²) in [6, 6.07) is 24.4. The molecule has 0 aliphatic heterocycles. The first kappa shape index (κ1) is 23.8. The van der Waals surface area contributed by atoms with Gasteiger partial charge in [0, 0.05) is 32.6 Å². The van der Waals surface area contributed by atoms with E-state index in [0.29, 0.717) is 15.8 Å². The van der Waals surface area contributed by atoms with Crippen LogP contribution in [0.25, 0.3) is 17.3 Å². The van der Waals surface area contributed by atoms with Gasteiger partial charge in [-0.3, -0.25) is 9.59 Å². The number of thiazole rings is 1. The Bertz CT molecular complexity index is 1310. The van der Waals surface area contributed by atoms with E-state index in [4.69, 9.17) is 11.6 Å². The number of amides is 2. The first-order valence-electron chi connectivity index (χ1n) is 10.3. The minimum Gasteiger partial charge on any atom is -0.323 e. The van der Waals surface area contributed by atoms with Crippen molar-refractivity contribution in [3.63, 3.8) is 0 Å². The van der Waals surface area contributed by atoms with Crippen molar-refractivity contribution in [2.75, 3.05) is 16.4 Å². The molecule has 0 saturated heterocycles. The maximum Gasteiger partial charge on any atom is 0.248 e. The summed E-state index contributed by atoms with van der Waals surface area (Å²) in [7, 11) is 0. The fourth-order valence-electron chi connectivity index (χ4n) is 2.98. The molecule has 8 heteroatoms. The Balaban J connectivity index is 1.25. The number of aromatic nitrogens is 1. The first-order chi connectivity index (χ1) is 16.6. The van der Waals surface area contributed by atoms with Gasteiger partial charge in [0.2, 0.25) is 11.8 Å². The van der Waals surface area contributed by atoms with Gasteiger partial charge in [0.05, 0.1) is 11.4 Å². The van der Waals surface area contributed by atoms with Crippen LogP contribution < -0.4 is 10.6 Å². The van der Waals surface area contributed by atoms with Crippen LogP contribution in [0.4, 0.5) is 10.8 Å². The van der Waals surface area contributed by atoms with Gasteiger partial charge in [-0.1, -0.05) is 60.1 Å². The Morgan fingerprint density at radius 3 is 2.44 bits per heavy atom. The number of anilines is 2. The molecule has 170 valence electrons. The van der Waals surface area contributed by atoms with E-state index >= 15 is 0 Å². The molecule has 1 heterocycles. The number of rotatable bonds is 8. The quantitative estimate of drug-likeness (QED) is 0.203. The van der Waals surface area contributed by atoms with Crippen LogP contribution in [0.3, 0.4) is 0 Å². The molecule has 2 N–H and O–H groups in total. The molecule has 0 aliphatic rings. The highest BCUT2D eigenvalue weighted by Gasteiger charge is 2.10. The average molecular weight is 506 g/mol. The molecular formula is C26H20ClN3O2S2. The highest BCUT2D eigenvalue weighted by Crippen LogP contribution is 2.30. The van der Waals surface area contributed by atoms with Crippen LogP contribution in [0.1, 0.15) is 5.56 Å². The van der Waals surface area contributed by atoms with Gasteiger partial charge >= 0.3 is 0 Å². The first-order valence-corrected chi connectivity index (χ1v) is 12.6. The van der Waals surface area contributed by atoms with Gasteiger partial charge in [-0.15, -0.1) is 23.1 Å². The zero-order valence-electron chi connectivity index (χ0n) is 17.9. The number of carbonyl (C=O) groups is 2. The number of nitrogens with one attached hydrogen (secondary N) is 2. The van der Waals surface area contributed by atoms with Crippen molar-refractivity contribution < 1.29 is 9.59 Å². The number of benzene rings is 3. The van der Waals surface area contributed by atoms with E-state index in [1.54, 1.807) is 6.08 Å². The second kappa shape index (κ2) is 11.7. The SMILES string of the molecule is O=C(/C=C/c1ccccc1)Nc1ccc(SCC(=O)Nc2nc(-c3ccccc3Cl)cs2)cc1. The molecule has 0 unspecified atom stereocenters. The van der Waals surface area contributed by atoms with Crippen molar-refractivity contribution >= 4 is 63.4 Å². The summed E-state index contributed by atoms with van der Waals surface area (Å²) in [5.41, 5.74) is 3.21. The van der Waals surface area contributed by atoms with Crippen LogP contribution >= 0.6 is 34.7 Å². The smallest absolute Gasteiger partial charge is 0.248 e. The predicted octanol–water partition coefficient (Wildman–Crippen LogP) is 6.85. The molecule has 0 bridgehead atoms. The van der Waals surface area contributed by atoms with Gasteiger partial charge in [-0.2, -0.15) is 0 Å². The van der Waals surface area contributed by atoms with Gasteiger partial charge in [-0.05, 0) is 42.0 Å². The van der Waals surface area contributed by atoms with E-state index < -0.39 is 0 Å². The van der Waals surface area contributed by atoms with Crippen LogP contribution in [-0.4, -0.2) is 22.6 Å². The van der Waals surface area contributed by atoms with Crippen LogP contribution in [0, 0.1) is 0 Å². The summed E-state index contributed by atoms with van der Waals surface area (Å²) < 4.78 is 0. The number of hydrogen-bond donors (Lipinski definition) is 2. The lowest BCUT2D eigenvalue weighted by Gasteiger charge is -2.05. The molecule has 0 atom stereocenters. The topological polar surface area (TPSA) is 71.1 Å². The molecular weight excluding hydrogens is 486 g/mol. The summed E-state index contributed by atoms with van der Waals surface area (Å²) in [4.78, 5) is 29.8. The van der Waals surface area contributed by atoms with Crippen LogP contribution in [0.2, 0.25) is 5.02 Å². The average Bonchev–Trinajstić information content (AvgIpc) is 3.31. The van der Waals surface area contributed by atoms with Crippen LogP contribution in [-0.2, 0) is 9.59 Å². The Kier molecular flexibility index (Phi) is 8.14. The van der Waals surface area contributed by atoms with Crippen molar-refractivity contribution in [1.82, 2.24) is 4.98 Å². The van der Waals surface area contributed by atoms with E-state index in [-0.39, 0.29) is 17.6 Å². The second-order valence-corrected chi connectivity index (χ2v) is 9.43. The fourth-order valence-corrected chi connectivity index (χ4v) is 4.64. The lowest BCUT2D eigenvalue weighted by molar-refractivity contribution is -0.114. The Hall–Kier alpha value is -3.39. The van der Waals surface area contributed by atoms with Crippen molar-refractivity contribution in [2.24, 2.45) is 0 Å². The Morgan fingerprint density at radius 2 is 1.68 bits per heavy atom. The van der Waals surface area contributed by atoms with Crippen molar-refractivity contribution in [3.8, 4) is 11.3 Å². The molecule has 0 spiro atoms. The lowest BCUT2D eigenvalue weighted by atomic mass is 10.2. The third-order valence-corrected chi connectivity index (χ3v) is 6.72. The van der Waals surface area contributed by atoms with Gasteiger partial charge in [0.25, 0.3) is 0 Å². The predicted molar refractivity (Wildman–Crippen MR) is 142 cm³/mol. The van der Waals surface area contributed by atoms with E-state index in [9.17, 15) is 9.59 Å². The summed E-state index contributed by atoms with van der Waals surface area (Å²) in [6.07, 6.45) is 3.26.